The van der Waals surface area contributed by atoms with Gasteiger partial charge in [0.05, 0.1) is 17.2 Å². The van der Waals surface area contributed by atoms with Crippen LogP contribution in [0.4, 0.5) is 5.95 Å². The molecule has 0 spiro atoms. The third-order valence-electron chi connectivity index (χ3n) is 2.47. The second-order valence-electron chi connectivity index (χ2n) is 3.55. The van der Waals surface area contributed by atoms with Crippen LogP contribution >= 0.6 is 0 Å². The number of aryl methyl sites for hydroxylation is 1. The molecule has 0 aliphatic rings. The Hall–Kier alpha value is -1.62. The topological polar surface area (TPSA) is 60.0 Å². The molecule has 0 radical (unpaired) electrons. The van der Waals surface area contributed by atoms with Crippen LogP contribution in [0.3, 0.4) is 0 Å². The summed E-state index contributed by atoms with van der Waals surface area (Å²) < 4.78 is 2.03. The quantitative estimate of drug-likeness (QED) is 0.786. The summed E-state index contributed by atoms with van der Waals surface area (Å²) in [5, 5.41) is 0. The van der Waals surface area contributed by atoms with Gasteiger partial charge in [-0.05, 0) is 6.07 Å². The number of imidazole rings is 1. The SMILES string of the molecule is CN(CCN)c1nc2ccncc2n1C. The molecule has 2 aromatic heterocycles. The maximum absolute atomic E-state index is 5.52. The van der Waals surface area contributed by atoms with Gasteiger partial charge in [0.2, 0.25) is 5.95 Å². The molecule has 0 aliphatic carbocycles. The first kappa shape index (κ1) is 9.92. The lowest BCUT2D eigenvalue weighted by Gasteiger charge is -2.16. The van der Waals surface area contributed by atoms with Crippen LogP contribution in [0.1, 0.15) is 0 Å². The van der Waals surface area contributed by atoms with E-state index in [1.807, 2.05) is 35.8 Å². The van der Waals surface area contributed by atoms with Crippen LogP contribution in [0.5, 0.6) is 0 Å². The zero-order valence-electron chi connectivity index (χ0n) is 9.01. The second-order valence-corrected chi connectivity index (χ2v) is 3.55. The van der Waals surface area contributed by atoms with Crippen molar-refractivity contribution in [2.45, 2.75) is 0 Å². The zero-order chi connectivity index (χ0) is 10.8. The fourth-order valence-corrected chi connectivity index (χ4v) is 1.66. The molecule has 2 aromatic rings. The number of rotatable bonds is 3. The number of fused-ring (bicyclic) bond motifs is 1. The minimum atomic E-state index is 0.623. The Balaban J connectivity index is 2.48. The van der Waals surface area contributed by atoms with E-state index in [1.165, 1.54) is 0 Å². The van der Waals surface area contributed by atoms with Gasteiger partial charge in [-0.25, -0.2) is 4.98 Å². The molecule has 5 heteroatoms. The maximum atomic E-state index is 5.52. The smallest absolute Gasteiger partial charge is 0.206 e. The van der Waals surface area contributed by atoms with Gasteiger partial charge in [-0.15, -0.1) is 0 Å². The molecule has 0 atom stereocenters. The summed E-state index contributed by atoms with van der Waals surface area (Å²) in [6, 6.07) is 1.91. The molecule has 0 unspecified atom stereocenters. The number of hydrogen-bond acceptors (Lipinski definition) is 4. The van der Waals surface area contributed by atoms with E-state index >= 15 is 0 Å². The van der Waals surface area contributed by atoms with Crippen LogP contribution in [0.25, 0.3) is 11.0 Å². The summed E-state index contributed by atoms with van der Waals surface area (Å²) in [7, 11) is 3.97. The number of hydrogen-bond donors (Lipinski definition) is 1. The third-order valence-corrected chi connectivity index (χ3v) is 2.47. The Morgan fingerprint density at radius 3 is 3.00 bits per heavy atom. The summed E-state index contributed by atoms with van der Waals surface area (Å²) in [5.41, 5.74) is 7.52. The van der Waals surface area contributed by atoms with E-state index < -0.39 is 0 Å². The molecule has 5 nitrogen and oxygen atoms in total. The molecule has 80 valence electrons. The average molecular weight is 205 g/mol. The molecular formula is C10H15N5. The molecule has 0 fully saturated rings. The van der Waals surface area contributed by atoms with Crippen molar-refractivity contribution < 1.29 is 0 Å². The molecule has 15 heavy (non-hydrogen) atoms. The lowest BCUT2D eigenvalue weighted by atomic mass is 10.4. The van der Waals surface area contributed by atoms with E-state index in [1.54, 1.807) is 6.20 Å². The molecular weight excluding hydrogens is 190 g/mol. The molecule has 0 aliphatic heterocycles. The Labute approximate surface area is 88.5 Å². The minimum absolute atomic E-state index is 0.623. The molecule has 2 rings (SSSR count). The number of aromatic nitrogens is 3. The highest BCUT2D eigenvalue weighted by Crippen LogP contribution is 2.18. The normalized spacial score (nSPS) is 10.9. The van der Waals surface area contributed by atoms with E-state index in [9.17, 15) is 0 Å². The Bertz CT molecular complexity index is 462. The van der Waals surface area contributed by atoms with Crippen LogP contribution in [0.2, 0.25) is 0 Å². The van der Waals surface area contributed by atoms with Crippen LogP contribution in [0, 0.1) is 0 Å². The van der Waals surface area contributed by atoms with Crippen molar-refractivity contribution in [3.8, 4) is 0 Å². The van der Waals surface area contributed by atoms with Crippen molar-refractivity contribution in [2.75, 3.05) is 25.0 Å². The summed E-state index contributed by atoms with van der Waals surface area (Å²) >= 11 is 0. The summed E-state index contributed by atoms with van der Waals surface area (Å²) in [5.74, 6) is 0.920. The minimum Gasteiger partial charge on any atom is -0.344 e. The Morgan fingerprint density at radius 2 is 2.33 bits per heavy atom. The van der Waals surface area contributed by atoms with Crippen molar-refractivity contribution >= 4 is 17.0 Å². The third kappa shape index (κ3) is 1.66. The number of nitrogens with zero attached hydrogens (tertiary/aromatic N) is 4. The van der Waals surface area contributed by atoms with E-state index in [0.717, 1.165) is 23.5 Å². The van der Waals surface area contributed by atoms with E-state index in [0.29, 0.717) is 6.54 Å². The van der Waals surface area contributed by atoms with E-state index in [-0.39, 0.29) is 0 Å². The molecule has 0 bridgehead atoms. The highest BCUT2D eigenvalue weighted by molar-refractivity contribution is 5.77. The molecule has 0 saturated carbocycles. The van der Waals surface area contributed by atoms with Gasteiger partial charge in [0, 0.05) is 33.4 Å². The molecule has 0 saturated heterocycles. The Kier molecular flexibility index (Phi) is 2.55. The first-order chi connectivity index (χ1) is 7.24. The van der Waals surface area contributed by atoms with Crippen LogP contribution in [-0.2, 0) is 7.05 Å². The van der Waals surface area contributed by atoms with Gasteiger partial charge < -0.3 is 15.2 Å². The van der Waals surface area contributed by atoms with Crippen molar-refractivity contribution in [2.24, 2.45) is 12.8 Å². The highest BCUT2D eigenvalue weighted by atomic mass is 15.3. The van der Waals surface area contributed by atoms with Gasteiger partial charge in [0.1, 0.15) is 0 Å². The zero-order valence-corrected chi connectivity index (χ0v) is 9.01. The van der Waals surface area contributed by atoms with Gasteiger partial charge in [-0.1, -0.05) is 0 Å². The van der Waals surface area contributed by atoms with Crippen molar-refractivity contribution in [1.82, 2.24) is 14.5 Å². The summed E-state index contributed by atoms with van der Waals surface area (Å²) in [6.45, 7) is 1.42. The van der Waals surface area contributed by atoms with Gasteiger partial charge >= 0.3 is 0 Å². The molecule has 0 amide bonds. The van der Waals surface area contributed by atoms with Crippen molar-refractivity contribution in [1.29, 1.82) is 0 Å². The van der Waals surface area contributed by atoms with E-state index in [2.05, 4.69) is 9.97 Å². The number of likely N-dealkylation sites (N-methyl/N-ethyl adjacent to an activating group) is 1. The first-order valence-corrected chi connectivity index (χ1v) is 4.91. The Morgan fingerprint density at radius 1 is 1.53 bits per heavy atom. The average Bonchev–Trinajstić information content (AvgIpc) is 2.57. The number of pyridine rings is 1. The van der Waals surface area contributed by atoms with Crippen LogP contribution < -0.4 is 10.6 Å². The van der Waals surface area contributed by atoms with Gasteiger partial charge in [-0.2, -0.15) is 0 Å². The molecule has 2 heterocycles. The highest BCUT2D eigenvalue weighted by Gasteiger charge is 2.10. The lowest BCUT2D eigenvalue weighted by Crippen LogP contribution is -2.27. The maximum Gasteiger partial charge on any atom is 0.206 e. The van der Waals surface area contributed by atoms with E-state index in [4.69, 9.17) is 5.73 Å². The summed E-state index contributed by atoms with van der Waals surface area (Å²) in [6.07, 6.45) is 3.57. The van der Waals surface area contributed by atoms with Crippen LogP contribution in [-0.4, -0.2) is 34.7 Å². The number of anilines is 1. The summed E-state index contributed by atoms with van der Waals surface area (Å²) in [4.78, 5) is 10.7. The van der Waals surface area contributed by atoms with Gasteiger partial charge in [-0.3, -0.25) is 4.98 Å². The van der Waals surface area contributed by atoms with Crippen molar-refractivity contribution in [3.05, 3.63) is 18.5 Å². The predicted molar refractivity (Wildman–Crippen MR) is 60.8 cm³/mol. The number of nitrogens with two attached hydrogens (primary N) is 1. The fraction of sp³-hybridized carbons (Fsp3) is 0.400. The fourth-order valence-electron chi connectivity index (χ4n) is 1.66. The molecule has 0 aromatic carbocycles. The lowest BCUT2D eigenvalue weighted by molar-refractivity contribution is 0.808. The largest absolute Gasteiger partial charge is 0.344 e. The molecule has 2 N–H and O–H groups in total. The van der Waals surface area contributed by atoms with Gasteiger partial charge in [0.25, 0.3) is 0 Å². The monoisotopic (exact) mass is 205 g/mol. The standard InChI is InChI=1S/C10H15N5/c1-14(6-4-11)10-13-8-3-5-12-7-9(8)15(10)2/h3,5,7H,4,6,11H2,1-2H3. The second kappa shape index (κ2) is 3.86. The van der Waals surface area contributed by atoms with Gasteiger partial charge in [0.15, 0.2) is 0 Å². The predicted octanol–water partition coefficient (Wildman–Crippen LogP) is 0.363. The van der Waals surface area contributed by atoms with Crippen molar-refractivity contribution in [3.63, 3.8) is 0 Å². The first-order valence-electron chi connectivity index (χ1n) is 4.91. The van der Waals surface area contributed by atoms with Crippen LogP contribution in [0.15, 0.2) is 18.5 Å².